The zero-order valence-corrected chi connectivity index (χ0v) is 14.9. The Kier molecular flexibility index (Phi) is 6.44. The number of hydrogen-bond acceptors (Lipinski definition) is 4. The molecule has 0 aliphatic rings. The first-order valence-corrected chi connectivity index (χ1v) is 13.0. The summed E-state index contributed by atoms with van der Waals surface area (Å²) < 4.78 is 11.0. The number of hydrogen-bond donors (Lipinski definition) is 0. The van der Waals surface area contributed by atoms with E-state index in [1.165, 1.54) is 25.2 Å². The van der Waals surface area contributed by atoms with E-state index in [0.717, 1.165) is 0 Å². The first-order valence-electron chi connectivity index (χ1n) is 6.21. The Morgan fingerprint density at radius 2 is 1.32 bits per heavy atom. The molecule has 4 nitrogen and oxygen atoms in total. The van der Waals surface area contributed by atoms with Gasteiger partial charge in [-0.15, -0.1) is 0 Å². The standard InChI is InChI=1S/C13H24O4Si2/c1-11(14)10-12(16-18(2,3)4)8-9-13(15)17-19(5,6)7/h8-10H,1-7H3/b9-8+,12-10+. The van der Waals surface area contributed by atoms with Crippen LogP contribution in [0.5, 0.6) is 0 Å². The van der Waals surface area contributed by atoms with Gasteiger partial charge >= 0.3 is 5.97 Å². The predicted molar refractivity (Wildman–Crippen MR) is 81.8 cm³/mol. The van der Waals surface area contributed by atoms with Crippen molar-refractivity contribution < 1.29 is 18.4 Å². The van der Waals surface area contributed by atoms with Crippen LogP contribution in [0.4, 0.5) is 0 Å². The average Bonchev–Trinajstić information content (AvgIpc) is 2.07. The summed E-state index contributed by atoms with van der Waals surface area (Å²) in [4.78, 5) is 22.7. The molecule has 0 rings (SSSR count). The van der Waals surface area contributed by atoms with Crippen molar-refractivity contribution in [1.29, 1.82) is 0 Å². The lowest BCUT2D eigenvalue weighted by atomic mass is 10.3. The molecule has 0 aliphatic heterocycles. The monoisotopic (exact) mass is 300 g/mol. The van der Waals surface area contributed by atoms with E-state index in [1.54, 1.807) is 0 Å². The Morgan fingerprint density at radius 1 is 0.842 bits per heavy atom. The molecule has 6 heteroatoms. The Morgan fingerprint density at radius 3 is 1.68 bits per heavy atom. The Balaban J connectivity index is 4.84. The van der Waals surface area contributed by atoms with Crippen LogP contribution in [0.2, 0.25) is 39.3 Å². The lowest BCUT2D eigenvalue weighted by Crippen LogP contribution is -2.28. The van der Waals surface area contributed by atoms with Gasteiger partial charge in [-0.1, -0.05) is 0 Å². The van der Waals surface area contributed by atoms with Crippen LogP contribution in [-0.2, 0) is 18.4 Å². The van der Waals surface area contributed by atoms with Gasteiger partial charge in [0.15, 0.2) is 5.78 Å². The molecule has 0 bridgehead atoms. The Labute approximate surface area is 117 Å². The van der Waals surface area contributed by atoms with Gasteiger partial charge in [0, 0.05) is 12.2 Å². The van der Waals surface area contributed by atoms with Crippen molar-refractivity contribution in [3.8, 4) is 0 Å². The molecule has 0 saturated carbocycles. The van der Waals surface area contributed by atoms with Crippen LogP contribution in [0.3, 0.4) is 0 Å². The van der Waals surface area contributed by atoms with E-state index >= 15 is 0 Å². The number of carbonyl (C=O) groups excluding carboxylic acids is 2. The molecule has 0 saturated heterocycles. The first-order chi connectivity index (χ1) is 8.39. The first kappa shape index (κ1) is 17.9. The van der Waals surface area contributed by atoms with Crippen LogP contribution < -0.4 is 0 Å². The van der Waals surface area contributed by atoms with Gasteiger partial charge < -0.3 is 8.85 Å². The van der Waals surface area contributed by atoms with Gasteiger partial charge in [0.05, 0.1) is 0 Å². The summed E-state index contributed by atoms with van der Waals surface area (Å²) in [6, 6.07) is 0. The maximum absolute atomic E-state index is 11.6. The van der Waals surface area contributed by atoms with Crippen LogP contribution in [0.25, 0.3) is 0 Å². The van der Waals surface area contributed by atoms with E-state index in [0.29, 0.717) is 5.76 Å². The average molecular weight is 301 g/mol. The molecule has 0 heterocycles. The molecular formula is C13H24O4Si2. The molecule has 0 fully saturated rings. The lowest BCUT2D eigenvalue weighted by Gasteiger charge is -2.20. The quantitative estimate of drug-likeness (QED) is 0.327. The zero-order chi connectivity index (χ0) is 15.3. The van der Waals surface area contributed by atoms with Crippen LogP contribution in [0.15, 0.2) is 24.0 Å². The summed E-state index contributed by atoms with van der Waals surface area (Å²) in [7, 11) is -3.71. The third kappa shape index (κ3) is 11.7. The molecule has 0 aliphatic carbocycles. The van der Waals surface area contributed by atoms with E-state index in [-0.39, 0.29) is 5.78 Å². The van der Waals surface area contributed by atoms with Crippen molar-refractivity contribution in [3.05, 3.63) is 24.0 Å². The SMILES string of the molecule is CC(=O)/C=C(\C=C\C(=O)O[Si](C)(C)C)O[Si](C)(C)C. The highest BCUT2D eigenvalue weighted by Crippen LogP contribution is 2.12. The second-order valence-electron chi connectivity index (χ2n) is 6.24. The lowest BCUT2D eigenvalue weighted by molar-refractivity contribution is -0.129. The van der Waals surface area contributed by atoms with Crippen LogP contribution >= 0.6 is 0 Å². The molecular weight excluding hydrogens is 276 g/mol. The summed E-state index contributed by atoms with van der Waals surface area (Å²) in [6.45, 7) is 13.3. The maximum atomic E-state index is 11.6. The minimum atomic E-state index is -1.89. The van der Waals surface area contributed by atoms with Gasteiger partial charge in [0.25, 0.3) is 0 Å². The molecule has 0 spiro atoms. The van der Waals surface area contributed by atoms with Crippen molar-refractivity contribution in [2.45, 2.75) is 46.2 Å². The predicted octanol–water partition coefficient (Wildman–Crippen LogP) is 3.25. The summed E-state index contributed by atoms with van der Waals surface area (Å²) in [6.07, 6.45) is 4.20. The van der Waals surface area contributed by atoms with Crippen LogP contribution in [0.1, 0.15) is 6.92 Å². The van der Waals surface area contributed by atoms with E-state index in [2.05, 4.69) is 0 Å². The minimum absolute atomic E-state index is 0.114. The molecule has 0 atom stereocenters. The highest BCUT2D eigenvalue weighted by molar-refractivity contribution is 6.71. The molecule has 19 heavy (non-hydrogen) atoms. The van der Waals surface area contributed by atoms with Crippen LogP contribution in [-0.4, -0.2) is 28.4 Å². The van der Waals surface area contributed by atoms with Crippen molar-refractivity contribution in [1.82, 2.24) is 0 Å². The minimum Gasteiger partial charge on any atom is -0.544 e. The summed E-state index contributed by atoms with van der Waals surface area (Å²) in [5, 5.41) is 0. The molecule has 0 unspecified atom stereocenters. The number of ketones is 1. The highest BCUT2D eigenvalue weighted by Gasteiger charge is 2.19. The van der Waals surface area contributed by atoms with Crippen molar-refractivity contribution >= 4 is 28.4 Å². The van der Waals surface area contributed by atoms with Gasteiger partial charge in [0.1, 0.15) is 5.76 Å². The normalized spacial score (nSPS) is 13.5. The summed E-state index contributed by atoms with van der Waals surface area (Å²) in [5.41, 5.74) is 0. The maximum Gasteiger partial charge on any atom is 0.317 e. The van der Waals surface area contributed by atoms with Crippen LogP contribution in [0, 0.1) is 0 Å². The fraction of sp³-hybridized carbons (Fsp3) is 0.538. The van der Waals surface area contributed by atoms with E-state index < -0.39 is 22.6 Å². The summed E-state index contributed by atoms with van der Waals surface area (Å²) >= 11 is 0. The molecule has 0 aromatic rings. The molecule has 0 aromatic carbocycles. The third-order valence-corrected chi connectivity index (χ3v) is 3.22. The Bertz CT molecular complexity index is 398. The zero-order valence-electron chi connectivity index (χ0n) is 12.9. The Hall–Kier alpha value is -1.15. The third-order valence-electron chi connectivity index (χ3n) is 1.56. The van der Waals surface area contributed by atoms with E-state index in [1.807, 2.05) is 39.3 Å². The highest BCUT2D eigenvalue weighted by atomic mass is 28.4. The molecule has 0 radical (unpaired) electrons. The second-order valence-corrected chi connectivity index (χ2v) is 15.1. The van der Waals surface area contributed by atoms with E-state index in [4.69, 9.17) is 8.85 Å². The summed E-state index contributed by atoms with van der Waals surface area (Å²) in [5.74, 6) is -0.0940. The smallest absolute Gasteiger partial charge is 0.317 e. The number of carbonyl (C=O) groups is 2. The van der Waals surface area contributed by atoms with Crippen molar-refractivity contribution in [3.63, 3.8) is 0 Å². The fourth-order valence-corrected chi connectivity index (χ4v) is 2.66. The van der Waals surface area contributed by atoms with Gasteiger partial charge in [-0.3, -0.25) is 4.79 Å². The molecule has 0 aromatic heterocycles. The largest absolute Gasteiger partial charge is 0.544 e. The second kappa shape index (κ2) is 6.86. The topological polar surface area (TPSA) is 52.6 Å². The molecule has 0 amide bonds. The number of rotatable bonds is 6. The number of allylic oxidation sites excluding steroid dienone is 2. The van der Waals surface area contributed by atoms with E-state index in [9.17, 15) is 9.59 Å². The van der Waals surface area contributed by atoms with Gasteiger partial charge in [0.2, 0.25) is 16.6 Å². The molecule has 108 valence electrons. The van der Waals surface area contributed by atoms with Crippen molar-refractivity contribution in [2.24, 2.45) is 0 Å². The van der Waals surface area contributed by atoms with Gasteiger partial charge in [-0.05, 0) is 52.3 Å². The fourth-order valence-electron chi connectivity index (χ4n) is 1.15. The van der Waals surface area contributed by atoms with Gasteiger partial charge in [-0.2, -0.15) is 0 Å². The molecule has 0 N–H and O–H groups in total. The van der Waals surface area contributed by atoms with Gasteiger partial charge in [-0.25, -0.2) is 4.79 Å². The van der Waals surface area contributed by atoms with Crippen molar-refractivity contribution in [2.75, 3.05) is 0 Å².